The van der Waals surface area contributed by atoms with Crippen LogP contribution in [0.4, 0.5) is 0 Å². The van der Waals surface area contributed by atoms with E-state index in [4.69, 9.17) is 9.25 Å². The largest absolute Gasteiger partial charge is 0.451 e. The first kappa shape index (κ1) is 13.7. The molecule has 0 aliphatic carbocycles. The van der Waals surface area contributed by atoms with Gasteiger partial charge in [-0.25, -0.2) is 0 Å². The fourth-order valence-corrected chi connectivity index (χ4v) is 2.37. The highest BCUT2D eigenvalue weighted by Gasteiger charge is 2.21. The van der Waals surface area contributed by atoms with E-state index in [1.54, 1.807) is 6.07 Å². The molecule has 5 nitrogen and oxygen atoms in total. The Labute approximate surface area is 122 Å². The van der Waals surface area contributed by atoms with E-state index in [1.807, 2.05) is 32.0 Å². The second-order valence-corrected chi connectivity index (χ2v) is 5.30. The molecule has 1 N–H and O–H groups in total. The van der Waals surface area contributed by atoms with Gasteiger partial charge in [0.15, 0.2) is 5.76 Å². The third-order valence-corrected chi connectivity index (χ3v) is 3.59. The average Bonchev–Trinajstić information content (AvgIpc) is 3.10. The van der Waals surface area contributed by atoms with E-state index in [9.17, 15) is 4.79 Å². The van der Waals surface area contributed by atoms with Crippen molar-refractivity contribution in [1.29, 1.82) is 0 Å². The maximum Gasteiger partial charge on any atom is 0.287 e. The lowest BCUT2D eigenvalue weighted by molar-refractivity contribution is 0.0741. The summed E-state index contributed by atoms with van der Waals surface area (Å²) in [6.07, 6.45) is 1.58. The molecule has 0 spiro atoms. The number of nitrogens with one attached hydrogen (secondary N) is 1. The molecule has 0 saturated heterocycles. The predicted octanol–water partition coefficient (Wildman–Crippen LogP) is 3.03. The van der Waals surface area contributed by atoms with Crippen LogP contribution in [0.25, 0.3) is 11.0 Å². The van der Waals surface area contributed by atoms with Crippen molar-refractivity contribution in [3.8, 4) is 0 Å². The van der Waals surface area contributed by atoms with Crippen molar-refractivity contribution in [3.05, 3.63) is 35.6 Å². The Kier molecular flexibility index (Phi) is 3.64. The number of hydrogen-bond acceptors (Lipinski definition) is 4. The number of oxime groups is 1. The maximum absolute atomic E-state index is 12.1. The molecule has 3 rings (SSSR count). The molecule has 110 valence electrons. The van der Waals surface area contributed by atoms with Gasteiger partial charge in [-0.3, -0.25) is 4.79 Å². The number of rotatable bonds is 4. The number of amides is 1. The van der Waals surface area contributed by atoms with Crippen molar-refractivity contribution in [2.45, 2.75) is 32.8 Å². The number of aryl methyl sites for hydroxylation is 1. The van der Waals surface area contributed by atoms with Gasteiger partial charge in [-0.15, -0.1) is 0 Å². The topological polar surface area (TPSA) is 63.8 Å². The minimum Gasteiger partial charge on any atom is -0.451 e. The molecule has 1 aromatic carbocycles. The Morgan fingerprint density at radius 2 is 2.29 bits per heavy atom. The van der Waals surface area contributed by atoms with E-state index in [-0.39, 0.29) is 12.0 Å². The number of nitrogens with zero attached hydrogens (tertiary/aromatic N) is 1. The van der Waals surface area contributed by atoms with Crippen LogP contribution in [0.5, 0.6) is 0 Å². The number of benzene rings is 1. The monoisotopic (exact) mass is 286 g/mol. The molecule has 0 fully saturated rings. The van der Waals surface area contributed by atoms with Gasteiger partial charge in [-0.2, -0.15) is 0 Å². The number of fused-ring (bicyclic) bond motifs is 1. The smallest absolute Gasteiger partial charge is 0.287 e. The lowest BCUT2D eigenvalue weighted by atomic mass is 10.1. The Balaban J connectivity index is 1.62. The van der Waals surface area contributed by atoms with Crippen LogP contribution in [0.15, 0.2) is 33.8 Å². The van der Waals surface area contributed by atoms with Crippen molar-refractivity contribution in [1.82, 2.24) is 5.32 Å². The summed E-state index contributed by atoms with van der Waals surface area (Å²) in [7, 11) is 0. The van der Waals surface area contributed by atoms with Crippen molar-refractivity contribution in [2.24, 2.45) is 5.16 Å². The molecule has 21 heavy (non-hydrogen) atoms. The standard InChI is InChI=1S/C16H18N2O3/c1-3-12-8-13(21-18-12)9-17-16(19)15-7-11-6-10(2)4-5-14(11)20-15/h4-7,13H,3,8-9H2,1-2H3,(H,17,19)/t13-/m1/s1. The zero-order chi connectivity index (χ0) is 14.8. The van der Waals surface area contributed by atoms with Crippen molar-refractivity contribution < 1.29 is 14.0 Å². The van der Waals surface area contributed by atoms with E-state index in [0.717, 1.165) is 35.1 Å². The van der Waals surface area contributed by atoms with Gasteiger partial charge in [0.2, 0.25) is 0 Å². The van der Waals surface area contributed by atoms with Crippen LogP contribution >= 0.6 is 0 Å². The lowest BCUT2D eigenvalue weighted by Crippen LogP contribution is -2.32. The van der Waals surface area contributed by atoms with Crippen molar-refractivity contribution in [3.63, 3.8) is 0 Å². The van der Waals surface area contributed by atoms with Gasteiger partial charge in [-0.1, -0.05) is 23.7 Å². The number of furan rings is 1. The second kappa shape index (κ2) is 5.60. The lowest BCUT2D eigenvalue weighted by Gasteiger charge is -2.08. The van der Waals surface area contributed by atoms with E-state index < -0.39 is 0 Å². The van der Waals surface area contributed by atoms with E-state index in [2.05, 4.69) is 10.5 Å². The van der Waals surface area contributed by atoms with E-state index in [0.29, 0.717) is 12.3 Å². The van der Waals surface area contributed by atoms with Crippen LogP contribution < -0.4 is 5.32 Å². The summed E-state index contributed by atoms with van der Waals surface area (Å²) in [6, 6.07) is 7.60. The number of hydrogen-bond donors (Lipinski definition) is 1. The van der Waals surface area contributed by atoms with Crippen LogP contribution in [0.1, 0.15) is 35.9 Å². The highest BCUT2D eigenvalue weighted by molar-refractivity contribution is 5.96. The average molecular weight is 286 g/mol. The minimum absolute atomic E-state index is 0.0736. The fourth-order valence-electron chi connectivity index (χ4n) is 2.37. The van der Waals surface area contributed by atoms with Crippen LogP contribution in [-0.4, -0.2) is 24.3 Å². The van der Waals surface area contributed by atoms with Gasteiger partial charge in [-0.05, 0) is 31.5 Å². The second-order valence-electron chi connectivity index (χ2n) is 5.30. The Hall–Kier alpha value is -2.30. The zero-order valence-electron chi connectivity index (χ0n) is 12.2. The molecular formula is C16H18N2O3. The molecule has 1 atom stereocenters. The molecule has 5 heteroatoms. The van der Waals surface area contributed by atoms with Gasteiger partial charge >= 0.3 is 0 Å². The normalized spacial score (nSPS) is 17.6. The number of carbonyl (C=O) groups is 1. The van der Waals surface area contributed by atoms with Crippen LogP contribution in [0.2, 0.25) is 0 Å². The quantitative estimate of drug-likeness (QED) is 0.939. The molecule has 1 aromatic heterocycles. The Bertz CT molecular complexity index is 703. The molecule has 0 unspecified atom stereocenters. The van der Waals surface area contributed by atoms with Crippen LogP contribution in [-0.2, 0) is 4.84 Å². The summed E-state index contributed by atoms with van der Waals surface area (Å²) >= 11 is 0. The van der Waals surface area contributed by atoms with Gasteiger partial charge in [0, 0.05) is 11.8 Å². The summed E-state index contributed by atoms with van der Waals surface area (Å²) in [6.45, 7) is 4.48. The highest BCUT2D eigenvalue weighted by atomic mass is 16.6. The minimum atomic E-state index is -0.225. The Morgan fingerprint density at radius 3 is 3.05 bits per heavy atom. The van der Waals surface area contributed by atoms with Crippen LogP contribution in [0.3, 0.4) is 0 Å². The SMILES string of the molecule is CCC1=NO[C@@H](CNC(=O)c2cc3cc(C)ccc3o2)C1. The maximum atomic E-state index is 12.1. The number of carbonyl (C=O) groups excluding carboxylic acids is 1. The third kappa shape index (κ3) is 2.91. The molecule has 1 aliphatic heterocycles. The summed E-state index contributed by atoms with van der Waals surface area (Å²) in [5.74, 6) is 0.0997. The summed E-state index contributed by atoms with van der Waals surface area (Å²) in [5, 5.41) is 7.74. The van der Waals surface area contributed by atoms with Crippen LogP contribution in [0, 0.1) is 6.92 Å². The first-order chi connectivity index (χ1) is 10.2. The van der Waals surface area contributed by atoms with Gasteiger partial charge in [0.25, 0.3) is 5.91 Å². The molecule has 0 saturated carbocycles. The molecule has 2 heterocycles. The first-order valence-corrected chi connectivity index (χ1v) is 7.15. The summed E-state index contributed by atoms with van der Waals surface area (Å²) < 4.78 is 5.56. The third-order valence-electron chi connectivity index (χ3n) is 3.59. The van der Waals surface area contributed by atoms with Gasteiger partial charge in [0.1, 0.15) is 11.7 Å². The molecule has 0 radical (unpaired) electrons. The fraction of sp³-hybridized carbons (Fsp3) is 0.375. The van der Waals surface area contributed by atoms with Crippen molar-refractivity contribution in [2.75, 3.05) is 6.54 Å². The van der Waals surface area contributed by atoms with Crippen molar-refractivity contribution >= 4 is 22.6 Å². The Morgan fingerprint density at radius 1 is 1.43 bits per heavy atom. The molecule has 2 aromatic rings. The van der Waals surface area contributed by atoms with Gasteiger partial charge in [0.05, 0.1) is 12.3 Å². The first-order valence-electron chi connectivity index (χ1n) is 7.15. The summed E-state index contributed by atoms with van der Waals surface area (Å²) in [4.78, 5) is 17.4. The van der Waals surface area contributed by atoms with Gasteiger partial charge < -0.3 is 14.6 Å². The highest BCUT2D eigenvalue weighted by Crippen LogP contribution is 2.20. The molecule has 1 amide bonds. The molecule has 1 aliphatic rings. The molecule has 0 bridgehead atoms. The van der Waals surface area contributed by atoms with E-state index >= 15 is 0 Å². The van der Waals surface area contributed by atoms with E-state index in [1.165, 1.54) is 0 Å². The predicted molar refractivity (Wildman–Crippen MR) is 80.5 cm³/mol. The zero-order valence-corrected chi connectivity index (χ0v) is 12.2. The summed E-state index contributed by atoms with van der Waals surface area (Å²) in [5.41, 5.74) is 2.90. The molecular weight excluding hydrogens is 268 g/mol.